The maximum atomic E-state index is 11.3. The van der Waals surface area contributed by atoms with Gasteiger partial charge in [-0.3, -0.25) is 4.72 Å². The van der Waals surface area contributed by atoms with Crippen LogP contribution in [-0.2, 0) is 16.6 Å². The van der Waals surface area contributed by atoms with Crippen molar-refractivity contribution in [1.82, 2.24) is 5.32 Å². The van der Waals surface area contributed by atoms with Crippen LogP contribution in [0.25, 0.3) is 0 Å². The van der Waals surface area contributed by atoms with Gasteiger partial charge in [-0.1, -0.05) is 0 Å². The highest BCUT2D eigenvalue weighted by atomic mass is 32.2. The largest absolute Gasteiger partial charge is 0.457 e. The number of ether oxygens (including phenoxy) is 1. The predicted molar refractivity (Wildman–Crippen MR) is 96.0 cm³/mol. The molecule has 0 bridgehead atoms. The molecule has 0 radical (unpaired) electrons. The van der Waals surface area contributed by atoms with Crippen LogP contribution in [0.15, 0.2) is 47.4 Å². The number of sulfonamides is 1. The Hall–Kier alpha value is -1.70. The summed E-state index contributed by atoms with van der Waals surface area (Å²) in [5.41, 5.74) is 1.39. The van der Waals surface area contributed by atoms with Crippen LogP contribution in [0.4, 0.5) is 5.69 Å². The number of hydrogen-bond acceptors (Lipinski definition) is 5. The lowest BCUT2D eigenvalue weighted by molar-refractivity contribution is 0.474. The van der Waals surface area contributed by atoms with E-state index in [9.17, 15) is 8.42 Å². The van der Waals surface area contributed by atoms with Crippen LogP contribution < -0.4 is 14.8 Å². The van der Waals surface area contributed by atoms with Gasteiger partial charge in [-0.05, 0) is 55.8 Å². The highest BCUT2D eigenvalue weighted by Gasteiger charge is 2.09. The number of benzene rings is 2. The summed E-state index contributed by atoms with van der Waals surface area (Å²) in [5.74, 6) is 1.43. The van der Waals surface area contributed by atoms with Crippen molar-refractivity contribution in [2.75, 3.05) is 24.3 Å². The summed E-state index contributed by atoms with van der Waals surface area (Å²) in [6.45, 7) is 0.567. The lowest BCUT2D eigenvalue weighted by Gasteiger charge is -2.13. The molecule has 5 nitrogen and oxygen atoms in total. The van der Waals surface area contributed by atoms with E-state index in [1.807, 2.05) is 37.6 Å². The smallest absolute Gasteiger partial charge is 0.229 e. The molecule has 0 saturated heterocycles. The van der Waals surface area contributed by atoms with Crippen LogP contribution in [0, 0.1) is 0 Å². The van der Waals surface area contributed by atoms with E-state index >= 15 is 0 Å². The van der Waals surface area contributed by atoms with E-state index in [1.54, 1.807) is 30.0 Å². The Morgan fingerprint density at radius 3 is 2.39 bits per heavy atom. The van der Waals surface area contributed by atoms with Gasteiger partial charge in [0.25, 0.3) is 0 Å². The number of thioether (sulfide) groups is 1. The Labute approximate surface area is 141 Å². The van der Waals surface area contributed by atoms with Crippen LogP contribution in [-0.4, -0.2) is 28.0 Å². The van der Waals surface area contributed by atoms with Crippen molar-refractivity contribution >= 4 is 27.5 Å². The third-order valence-electron chi connectivity index (χ3n) is 3.02. The molecule has 0 amide bonds. The molecule has 0 aliphatic rings. The molecule has 0 heterocycles. The molecule has 2 N–H and O–H groups in total. The van der Waals surface area contributed by atoms with Crippen molar-refractivity contribution in [2.45, 2.75) is 11.4 Å². The molecule has 0 aromatic heterocycles. The number of rotatable bonds is 7. The van der Waals surface area contributed by atoms with Crippen molar-refractivity contribution in [1.29, 1.82) is 0 Å². The van der Waals surface area contributed by atoms with Gasteiger partial charge in [-0.25, -0.2) is 8.42 Å². The summed E-state index contributed by atoms with van der Waals surface area (Å²) in [7, 11) is -1.47. The van der Waals surface area contributed by atoms with Crippen LogP contribution >= 0.6 is 11.8 Å². The van der Waals surface area contributed by atoms with Crippen molar-refractivity contribution in [3.05, 3.63) is 48.0 Å². The normalized spacial score (nSPS) is 11.3. The second-order valence-electron chi connectivity index (χ2n) is 5.00. The van der Waals surface area contributed by atoms with E-state index < -0.39 is 10.0 Å². The number of hydrogen-bond donors (Lipinski definition) is 2. The van der Waals surface area contributed by atoms with Gasteiger partial charge in [0.1, 0.15) is 11.5 Å². The molecule has 2 rings (SSSR count). The molecule has 0 unspecified atom stereocenters. The zero-order valence-electron chi connectivity index (χ0n) is 13.3. The van der Waals surface area contributed by atoms with Crippen molar-refractivity contribution < 1.29 is 13.2 Å². The molecule has 124 valence electrons. The second kappa shape index (κ2) is 7.72. The van der Waals surface area contributed by atoms with Gasteiger partial charge in [0.05, 0.1) is 6.26 Å². The van der Waals surface area contributed by atoms with E-state index in [1.165, 1.54) is 4.90 Å². The molecule has 0 saturated carbocycles. The SMILES string of the molecule is CNCc1cc(NS(C)(=O)=O)ccc1Oc1ccc(SC)cc1. The van der Waals surface area contributed by atoms with Gasteiger partial charge in [-0.2, -0.15) is 0 Å². The first-order chi connectivity index (χ1) is 10.9. The Bertz CT molecular complexity index is 759. The molecule has 0 aliphatic heterocycles. The second-order valence-corrected chi connectivity index (χ2v) is 7.63. The van der Waals surface area contributed by atoms with Crippen LogP contribution in [0.5, 0.6) is 11.5 Å². The maximum Gasteiger partial charge on any atom is 0.229 e. The van der Waals surface area contributed by atoms with E-state index in [0.29, 0.717) is 18.0 Å². The van der Waals surface area contributed by atoms with E-state index in [-0.39, 0.29) is 0 Å². The Balaban J connectivity index is 2.25. The van der Waals surface area contributed by atoms with E-state index in [2.05, 4.69) is 10.0 Å². The molecule has 0 atom stereocenters. The third-order valence-corrected chi connectivity index (χ3v) is 4.37. The van der Waals surface area contributed by atoms with Gasteiger partial charge in [-0.15, -0.1) is 11.8 Å². The zero-order chi connectivity index (χ0) is 16.9. The molecule has 0 fully saturated rings. The zero-order valence-corrected chi connectivity index (χ0v) is 14.9. The molecule has 2 aromatic rings. The molecule has 7 heteroatoms. The van der Waals surface area contributed by atoms with Crippen LogP contribution in [0.3, 0.4) is 0 Å². The van der Waals surface area contributed by atoms with Crippen molar-refractivity contribution in [3.8, 4) is 11.5 Å². The highest BCUT2D eigenvalue weighted by molar-refractivity contribution is 7.98. The van der Waals surface area contributed by atoms with Gasteiger partial charge in [0, 0.05) is 22.7 Å². The van der Waals surface area contributed by atoms with E-state index in [4.69, 9.17) is 4.74 Å². The molecule has 2 aromatic carbocycles. The number of nitrogens with one attached hydrogen (secondary N) is 2. The third kappa shape index (κ3) is 5.46. The fourth-order valence-corrected chi connectivity index (χ4v) is 3.02. The fourth-order valence-electron chi connectivity index (χ4n) is 2.06. The summed E-state index contributed by atoms with van der Waals surface area (Å²) in [6, 6.07) is 13.0. The summed E-state index contributed by atoms with van der Waals surface area (Å²) in [5, 5.41) is 3.06. The Morgan fingerprint density at radius 2 is 1.83 bits per heavy atom. The standard InChI is InChI=1S/C16H20N2O3S2/c1-17-11-12-10-13(18-23(3,19)20)4-9-16(12)21-14-5-7-15(22-2)8-6-14/h4-10,17-18H,11H2,1-3H3. The summed E-state index contributed by atoms with van der Waals surface area (Å²) >= 11 is 1.67. The van der Waals surface area contributed by atoms with Crippen molar-refractivity contribution in [3.63, 3.8) is 0 Å². The van der Waals surface area contributed by atoms with Gasteiger partial charge in [0.2, 0.25) is 10.0 Å². The minimum absolute atomic E-state index is 0.517. The molecule has 0 aliphatic carbocycles. The number of anilines is 1. The van der Waals surface area contributed by atoms with Crippen molar-refractivity contribution in [2.24, 2.45) is 0 Å². The van der Waals surface area contributed by atoms with Crippen LogP contribution in [0.1, 0.15) is 5.56 Å². The first kappa shape index (κ1) is 17.7. The summed E-state index contributed by atoms with van der Waals surface area (Å²) in [4.78, 5) is 1.17. The fraction of sp³-hybridized carbons (Fsp3) is 0.250. The summed E-state index contributed by atoms with van der Waals surface area (Å²) in [6.07, 6.45) is 3.15. The predicted octanol–water partition coefficient (Wildman–Crippen LogP) is 3.29. The minimum atomic E-state index is -3.30. The lowest BCUT2D eigenvalue weighted by Crippen LogP contribution is -2.11. The molecular formula is C16H20N2O3S2. The average molecular weight is 352 g/mol. The van der Waals surface area contributed by atoms with Gasteiger partial charge >= 0.3 is 0 Å². The maximum absolute atomic E-state index is 11.3. The topological polar surface area (TPSA) is 67.4 Å². The molecular weight excluding hydrogens is 332 g/mol. The summed E-state index contributed by atoms with van der Waals surface area (Å²) < 4.78 is 31.1. The monoisotopic (exact) mass is 352 g/mol. The van der Waals surface area contributed by atoms with Gasteiger partial charge < -0.3 is 10.1 Å². The average Bonchev–Trinajstić information content (AvgIpc) is 2.49. The molecule has 23 heavy (non-hydrogen) atoms. The van der Waals surface area contributed by atoms with Crippen LogP contribution in [0.2, 0.25) is 0 Å². The Morgan fingerprint density at radius 1 is 1.13 bits per heavy atom. The lowest BCUT2D eigenvalue weighted by atomic mass is 10.1. The quantitative estimate of drug-likeness (QED) is 0.749. The first-order valence-corrected chi connectivity index (χ1v) is 10.1. The molecule has 0 spiro atoms. The minimum Gasteiger partial charge on any atom is -0.457 e. The first-order valence-electron chi connectivity index (χ1n) is 6.98. The highest BCUT2D eigenvalue weighted by Crippen LogP contribution is 2.29. The Kier molecular flexibility index (Phi) is 5.92. The van der Waals surface area contributed by atoms with E-state index in [0.717, 1.165) is 17.6 Å². The van der Waals surface area contributed by atoms with Gasteiger partial charge in [0.15, 0.2) is 0 Å².